The molecule has 0 saturated carbocycles. The lowest BCUT2D eigenvalue weighted by Crippen LogP contribution is -1.93. The van der Waals surface area contributed by atoms with Gasteiger partial charge in [-0.1, -0.05) is 18.2 Å². The molecule has 0 aromatic heterocycles. The van der Waals surface area contributed by atoms with E-state index in [1.807, 2.05) is 0 Å². The van der Waals surface area contributed by atoms with Gasteiger partial charge in [-0.15, -0.1) is 0 Å². The molecule has 1 aromatic rings. The van der Waals surface area contributed by atoms with Gasteiger partial charge >= 0.3 is 0 Å². The quantitative estimate of drug-likeness (QED) is 0.366. The lowest BCUT2D eigenvalue weighted by molar-refractivity contribution is 0.599. The van der Waals surface area contributed by atoms with Gasteiger partial charge in [-0.05, 0) is 16.7 Å². The van der Waals surface area contributed by atoms with Crippen molar-refractivity contribution in [1.29, 1.82) is 0 Å². The lowest BCUT2D eigenvalue weighted by atomic mass is 10.2. The Morgan fingerprint density at radius 2 is 2.07 bits per heavy atom. The van der Waals surface area contributed by atoms with Gasteiger partial charge in [0.05, 0.1) is 4.90 Å². The summed E-state index contributed by atoms with van der Waals surface area (Å²) in [6, 6.07) is 6.22. The van der Waals surface area contributed by atoms with Crippen molar-refractivity contribution in [3.05, 3.63) is 40.3 Å². The predicted molar refractivity (Wildman–Crippen MR) is 49.3 cm³/mol. The fourth-order valence-corrected chi connectivity index (χ4v) is 2.35. The van der Waals surface area contributed by atoms with Gasteiger partial charge in [-0.2, -0.15) is 12.8 Å². The lowest BCUT2D eigenvalue weighted by Gasteiger charge is -1.94. The molecule has 1 aliphatic rings. The first-order valence-corrected chi connectivity index (χ1v) is 5.08. The molecule has 0 N–H and O–H groups in total. The van der Waals surface area contributed by atoms with Crippen molar-refractivity contribution in [1.82, 2.24) is 0 Å². The highest BCUT2D eigenvalue weighted by molar-refractivity contribution is 7.90. The average molecular weight is 208 g/mol. The van der Waals surface area contributed by atoms with Crippen LogP contribution in [-0.2, 0) is 10.0 Å². The summed E-state index contributed by atoms with van der Waals surface area (Å²) in [5.74, 6) is -0.0944. The third-order valence-corrected chi connectivity index (χ3v) is 3.08. The highest BCUT2D eigenvalue weighted by Gasteiger charge is 2.27. The Bertz CT molecular complexity index is 569. The van der Waals surface area contributed by atoms with Crippen molar-refractivity contribution >= 4 is 15.9 Å². The van der Waals surface area contributed by atoms with Gasteiger partial charge in [-0.25, -0.2) is 0 Å². The molecule has 1 heterocycles. The number of nitrogens with zero attached hydrogens (tertiary/aromatic N) is 4. The van der Waals surface area contributed by atoms with Crippen LogP contribution < -0.4 is 0 Å². The Balaban J connectivity index is 2.79. The van der Waals surface area contributed by atoms with E-state index >= 15 is 0 Å². The third kappa shape index (κ3) is 1.15. The zero-order valence-electron chi connectivity index (χ0n) is 6.82. The Kier molecular flexibility index (Phi) is 1.77. The smallest absolute Gasteiger partial charge is 0.199 e. The number of benzene rings is 1. The monoisotopic (exact) mass is 208 g/mol. The third-order valence-electron chi connectivity index (χ3n) is 1.75. The molecule has 0 bridgehead atoms. The van der Waals surface area contributed by atoms with Crippen LogP contribution in [0.2, 0.25) is 0 Å². The number of fused-ring (bicyclic) bond motifs is 1. The van der Waals surface area contributed by atoms with E-state index in [1.165, 1.54) is 6.07 Å². The molecule has 0 unspecified atom stereocenters. The second-order valence-corrected chi connectivity index (χ2v) is 4.15. The van der Waals surface area contributed by atoms with E-state index in [2.05, 4.69) is 14.4 Å². The first kappa shape index (κ1) is 8.74. The number of sulfonamides is 1. The molecule has 0 amide bonds. The Morgan fingerprint density at radius 3 is 2.79 bits per heavy atom. The molecule has 6 nitrogen and oxygen atoms in total. The van der Waals surface area contributed by atoms with Gasteiger partial charge in [0.2, 0.25) is 0 Å². The highest BCUT2D eigenvalue weighted by Crippen LogP contribution is 2.26. The molecule has 0 fully saturated rings. The molecule has 0 radical (unpaired) electrons. The molecule has 1 aromatic carbocycles. The summed E-state index contributed by atoms with van der Waals surface area (Å²) in [7, 11) is -3.65. The molecule has 2 rings (SSSR count). The maximum atomic E-state index is 11.4. The maximum Gasteiger partial charge on any atom is 0.283 e. The normalized spacial score (nSPS) is 16.7. The van der Waals surface area contributed by atoms with E-state index in [-0.39, 0.29) is 10.7 Å². The van der Waals surface area contributed by atoms with Crippen molar-refractivity contribution in [2.75, 3.05) is 0 Å². The van der Waals surface area contributed by atoms with E-state index < -0.39 is 10.0 Å². The van der Waals surface area contributed by atoms with Crippen molar-refractivity contribution in [2.45, 2.75) is 4.90 Å². The molecule has 70 valence electrons. The summed E-state index contributed by atoms with van der Waals surface area (Å²) in [6.07, 6.45) is 0. The van der Waals surface area contributed by atoms with Crippen LogP contribution in [-0.4, -0.2) is 14.3 Å². The van der Waals surface area contributed by atoms with Crippen molar-refractivity contribution < 1.29 is 8.42 Å². The van der Waals surface area contributed by atoms with Crippen LogP contribution in [0.4, 0.5) is 0 Å². The molecule has 7 heteroatoms. The highest BCUT2D eigenvalue weighted by atomic mass is 32.2. The van der Waals surface area contributed by atoms with E-state index in [1.54, 1.807) is 18.2 Å². The number of azide groups is 1. The Morgan fingerprint density at radius 1 is 1.36 bits per heavy atom. The summed E-state index contributed by atoms with van der Waals surface area (Å²) < 4.78 is 26.1. The molecule has 0 atom stereocenters. The Hall–Kier alpha value is -1.85. The second kappa shape index (κ2) is 2.83. The van der Waals surface area contributed by atoms with Crippen LogP contribution in [0.1, 0.15) is 5.56 Å². The Labute approximate surface area is 79.6 Å². The summed E-state index contributed by atoms with van der Waals surface area (Å²) in [6.45, 7) is 0. The minimum absolute atomic E-state index is 0.0856. The van der Waals surface area contributed by atoms with Crippen LogP contribution in [0.15, 0.2) is 38.7 Å². The van der Waals surface area contributed by atoms with Crippen LogP contribution in [0.3, 0.4) is 0 Å². The first-order chi connectivity index (χ1) is 6.65. The van der Waals surface area contributed by atoms with Crippen LogP contribution in [0.5, 0.6) is 0 Å². The summed E-state index contributed by atoms with van der Waals surface area (Å²) in [4.78, 5) is 2.60. The van der Waals surface area contributed by atoms with Gasteiger partial charge < -0.3 is 0 Å². The van der Waals surface area contributed by atoms with E-state index in [0.29, 0.717) is 5.56 Å². The molecular formula is C7H4N4O2S. The van der Waals surface area contributed by atoms with Gasteiger partial charge in [0.1, 0.15) is 5.84 Å². The van der Waals surface area contributed by atoms with Crippen molar-refractivity contribution in [3.8, 4) is 0 Å². The molecule has 0 spiro atoms. The number of amidine groups is 1. The minimum Gasteiger partial charge on any atom is -0.199 e. The molecule has 0 saturated heterocycles. The number of hydrogen-bond donors (Lipinski definition) is 0. The van der Waals surface area contributed by atoms with Gasteiger partial charge in [0.25, 0.3) is 10.0 Å². The fraction of sp³-hybridized carbons (Fsp3) is 0. The topological polar surface area (TPSA) is 95.3 Å². The van der Waals surface area contributed by atoms with Gasteiger partial charge in [-0.3, -0.25) is 0 Å². The van der Waals surface area contributed by atoms with Crippen molar-refractivity contribution in [2.24, 2.45) is 9.51 Å². The second-order valence-electron chi connectivity index (χ2n) is 2.58. The van der Waals surface area contributed by atoms with Crippen LogP contribution in [0, 0.1) is 0 Å². The minimum atomic E-state index is -3.65. The largest absolute Gasteiger partial charge is 0.283 e. The number of rotatable bonds is 0. The molecule has 1 aliphatic heterocycles. The first-order valence-electron chi connectivity index (χ1n) is 3.64. The number of hydrogen-bond acceptors (Lipinski definition) is 3. The molecule has 14 heavy (non-hydrogen) atoms. The predicted octanol–water partition coefficient (Wildman–Crippen LogP) is 1.45. The van der Waals surface area contributed by atoms with E-state index in [4.69, 9.17) is 5.53 Å². The van der Waals surface area contributed by atoms with Gasteiger partial charge in [0.15, 0.2) is 0 Å². The summed E-state index contributed by atoms with van der Waals surface area (Å²) in [5.41, 5.74) is 8.56. The summed E-state index contributed by atoms with van der Waals surface area (Å²) >= 11 is 0. The standard InChI is InChI=1S/C7H4N4O2S/c8-11-9-7-5-3-1-2-4-6(5)14(12,13)10-7/h1-4H. The SMILES string of the molecule is [N-]=[N+]=NC1=NS(=O)(=O)c2ccccc21. The summed E-state index contributed by atoms with van der Waals surface area (Å²) in [5, 5.41) is 3.21. The zero-order chi connectivity index (χ0) is 10.2. The van der Waals surface area contributed by atoms with Crippen LogP contribution in [0.25, 0.3) is 10.4 Å². The van der Waals surface area contributed by atoms with E-state index in [9.17, 15) is 8.42 Å². The fourth-order valence-electron chi connectivity index (χ4n) is 1.20. The van der Waals surface area contributed by atoms with Gasteiger partial charge in [0, 0.05) is 10.5 Å². The molecular weight excluding hydrogens is 204 g/mol. The van der Waals surface area contributed by atoms with Crippen LogP contribution >= 0.6 is 0 Å². The average Bonchev–Trinajstić information content (AvgIpc) is 2.41. The van der Waals surface area contributed by atoms with E-state index in [0.717, 1.165) is 0 Å². The van der Waals surface area contributed by atoms with Crippen molar-refractivity contribution in [3.63, 3.8) is 0 Å². The maximum absolute atomic E-state index is 11.4. The molecule has 0 aliphatic carbocycles. The zero-order valence-corrected chi connectivity index (χ0v) is 7.64.